The number of hydrogen-bond acceptors (Lipinski definition) is 5. The molecule has 0 aliphatic carbocycles. The quantitative estimate of drug-likeness (QED) is 0.392. The summed E-state index contributed by atoms with van der Waals surface area (Å²) < 4.78 is 1.41. The molecular formula is C26H29N5O. The fourth-order valence-corrected chi connectivity index (χ4v) is 3.02. The average Bonchev–Trinajstić information content (AvgIpc) is 3.14. The van der Waals surface area contributed by atoms with E-state index in [4.69, 9.17) is 16.9 Å². The summed E-state index contributed by atoms with van der Waals surface area (Å²) >= 11 is 0. The number of nitrogens with zero attached hydrogens (tertiary/aromatic N) is 2. The van der Waals surface area contributed by atoms with Crippen LogP contribution in [-0.2, 0) is 6.54 Å². The SMILES string of the molecule is C=Cc1c(/C=C(\C)c2ccccc2)nc(C)n1C(=O)/C(N)=C/C=N.NCc1ccccc1. The van der Waals surface area contributed by atoms with Gasteiger partial charge in [0.1, 0.15) is 5.82 Å². The first kappa shape index (κ1) is 24.2. The van der Waals surface area contributed by atoms with Gasteiger partial charge in [-0.1, -0.05) is 67.2 Å². The Balaban J connectivity index is 0.000000380. The molecule has 0 bridgehead atoms. The molecule has 1 aromatic heterocycles. The van der Waals surface area contributed by atoms with Crippen molar-refractivity contribution in [2.75, 3.05) is 0 Å². The van der Waals surface area contributed by atoms with Gasteiger partial charge < -0.3 is 16.9 Å². The van der Waals surface area contributed by atoms with E-state index in [0.29, 0.717) is 23.8 Å². The summed E-state index contributed by atoms with van der Waals surface area (Å²) in [5, 5.41) is 7.05. The van der Waals surface area contributed by atoms with Crippen LogP contribution in [0, 0.1) is 12.3 Å². The fourth-order valence-electron chi connectivity index (χ4n) is 3.02. The molecule has 0 saturated carbocycles. The predicted molar refractivity (Wildman–Crippen MR) is 133 cm³/mol. The van der Waals surface area contributed by atoms with Crippen molar-refractivity contribution in [3.05, 3.63) is 107 Å². The molecule has 0 amide bonds. The summed E-state index contributed by atoms with van der Waals surface area (Å²) in [6, 6.07) is 19.9. The smallest absolute Gasteiger partial charge is 0.279 e. The van der Waals surface area contributed by atoms with Crippen molar-refractivity contribution in [3.8, 4) is 0 Å². The van der Waals surface area contributed by atoms with Crippen molar-refractivity contribution in [1.82, 2.24) is 9.55 Å². The third kappa shape index (κ3) is 6.23. The highest BCUT2D eigenvalue weighted by molar-refractivity contribution is 5.99. The summed E-state index contributed by atoms with van der Waals surface area (Å²) in [4.78, 5) is 16.9. The molecule has 5 N–H and O–H groups in total. The lowest BCUT2D eigenvalue weighted by Gasteiger charge is -2.06. The van der Waals surface area contributed by atoms with E-state index in [-0.39, 0.29) is 5.70 Å². The zero-order valence-corrected chi connectivity index (χ0v) is 18.5. The topological polar surface area (TPSA) is 111 Å². The lowest BCUT2D eigenvalue weighted by atomic mass is 10.1. The molecule has 0 atom stereocenters. The number of aryl methyl sites for hydroxylation is 1. The van der Waals surface area contributed by atoms with Crippen LogP contribution in [0.2, 0.25) is 0 Å². The van der Waals surface area contributed by atoms with Gasteiger partial charge in [0.2, 0.25) is 0 Å². The molecule has 3 aromatic rings. The van der Waals surface area contributed by atoms with Gasteiger partial charge in [-0.2, -0.15) is 0 Å². The Labute approximate surface area is 189 Å². The molecule has 0 radical (unpaired) electrons. The summed E-state index contributed by atoms with van der Waals surface area (Å²) in [6.45, 7) is 8.15. The second-order valence-corrected chi connectivity index (χ2v) is 6.95. The maximum absolute atomic E-state index is 12.5. The van der Waals surface area contributed by atoms with Gasteiger partial charge >= 0.3 is 0 Å². The minimum Gasteiger partial charge on any atom is -0.394 e. The van der Waals surface area contributed by atoms with Gasteiger partial charge in [0.25, 0.3) is 5.91 Å². The largest absolute Gasteiger partial charge is 0.394 e. The maximum Gasteiger partial charge on any atom is 0.279 e. The number of carbonyl (C=O) groups is 1. The van der Waals surface area contributed by atoms with Gasteiger partial charge in [0.15, 0.2) is 0 Å². The highest BCUT2D eigenvalue weighted by Crippen LogP contribution is 2.21. The van der Waals surface area contributed by atoms with Gasteiger partial charge in [-0.25, -0.2) is 4.98 Å². The van der Waals surface area contributed by atoms with Gasteiger partial charge in [-0.05, 0) is 48.8 Å². The summed E-state index contributed by atoms with van der Waals surface area (Å²) in [5.41, 5.74) is 15.6. The number of nitrogens with two attached hydrogens (primary N) is 2. The van der Waals surface area contributed by atoms with E-state index < -0.39 is 5.91 Å². The molecule has 0 unspecified atom stereocenters. The van der Waals surface area contributed by atoms with Gasteiger partial charge in [0, 0.05) is 12.8 Å². The van der Waals surface area contributed by atoms with E-state index in [2.05, 4.69) is 11.6 Å². The fraction of sp³-hybridized carbons (Fsp3) is 0.115. The molecule has 1 heterocycles. The number of allylic oxidation sites excluding steroid dienone is 3. The number of imidazole rings is 1. The van der Waals surface area contributed by atoms with Crippen molar-refractivity contribution < 1.29 is 4.79 Å². The van der Waals surface area contributed by atoms with Gasteiger partial charge in [0.05, 0.1) is 17.1 Å². The molecule has 6 nitrogen and oxygen atoms in total. The van der Waals surface area contributed by atoms with Crippen LogP contribution in [-0.4, -0.2) is 21.7 Å². The molecule has 32 heavy (non-hydrogen) atoms. The first-order chi connectivity index (χ1) is 15.4. The predicted octanol–water partition coefficient (Wildman–Crippen LogP) is 4.67. The molecule has 3 rings (SSSR count). The first-order valence-electron chi connectivity index (χ1n) is 10.1. The highest BCUT2D eigenvalue weighted by Gasteiger charge is 2.18. The van der Waals surface area contributed by atoms with Crippen LogP contribution in [0.5, 0.6) is 0 Å². The van der Waals surface area contributed by atoms with Crippen LogP contribution in [0.15, 0.2) is 79.0 Å². The zero-order valence-electron chi connectivity index (χ0n) is 18.5. The van der Waals surface area contributed by atoms with E-state index in [1.54, 1.807) is 13.0 Å². The van der Waals surface area contributed by atoms with Crippen LogP contribution in [0.4, 0.5) is 0 Å². The number of benzene rings is 2. The molecule has 0 aliphatic rings. The number of rotatable bonds is 6. The van der Waals surface area contributed by atoms with E-state index >= 15 is 0 Å². The second-order valence-electron chi connectivity index (χ2n) is 6.95. The van der Waals surface area contributed by atoms with E-state index in [1.807, 2.05) is 73.7 Å². The van der Waals surface area contributed by atoms with Crippen LogP contribution < -0.4 is 11.5 Å². The molecule has 2 aromatic carbocycles. The Morgan fingerprint density at radius 2 is 1.72 bits per heavy atom. The third-order valence-corrected chi connectivity index (χ3v) is 4.68. The van der Waals surface area contributed by atoms with Gasteiger partial charge in [-0.15, -0.1) is 0 Å². The Morgan fingerprint density at radius 3 is 2.22 bits per heavy atom. The normalized spacial score (nSPS) is 11.3. The third-order valence-electron chi connectivity index (χ3n) is 4.68. The van der Waals surface area contributed by atoms with E-state index in [1.165, 1.54) is 16.2 Å². The lowest BCUT2D eigenvalue weighted by Crippen LogP contribution is -2.21. The van der Waals surface area contributed by atoms with E-state index in [9.17, 15) is 4.79 Å². The van der Waals surface area contributed by atoms with Crippen molar-refractivity contribution in [1.29, 1.82) is 5.41 Å². The Morgan fingerprint density at radius 1 is 1.12 bits per heavy atom. The number of carbonyl (C=O) groups excluding carboxylic acids is 1. The monoisotopic (exact) mass is 427 g/mol. The van der Waals surface area contributed by atoms with Crippen LogP contribution >= 0.6 is 0 Å². The molecule has 0 saturated heterocycles. The van der Waals surface area contributed by atoms with Crippen LogP contribution in [0.25, 0.3) is 17.7 Å². The lowest BCUT2D eigenvalue weighted by molar-refractivity contribution is 0.0950. The van der Waals surface area contributed by atoms with Crippen LogP contribution in [0.1, 0.15) is 40.1 Å². The highest BCUT2D eigenvalue weighted by atomic mass is 16.2. The zero-order chi connectivity index (χ0) is 23.5. The van der Waals surface area contributed by atoms with Crippen molar-refractivity contribution in [3.63, 3.8) is 0 Å². The standard InChI is InChI=1S/C19H20N4O.C7H9N/c1-4-18-17(12-13(2)15-8-6-5-7-9-15)22-14(3)23(18)19(24)16(21)10-11-20;8-6-7-4-2-1-3-5-7/h4-12,20H,1,21H2,2-3H3;1-5H,6,8H2/b13-12+,16-10-,20-11?;. The van der Waals surface area contributed by atoms with Gasteiger partial charge in [-0.3, -0.25) is 9.36 Å². The molecule has 0 fully saturated rings. The average molecular weight is 428 g/mol. The minimum atomic E-state index is -0.421. The van der Waals surface area contributed by atoms with Crippen molar-refractivity contribution in [2.24, 2.45) is 11.5 Å². The Hall–Kier alpha value is -4.03. The minimum absolute atomic E-state index is 0.0242. The Kier molecular flexibility index (Phi) is 9.07. The number of hydrogen-bond donors (Lipinski definition) is 3. The maximum atomic E-state index is 12.5. The molecule has 164 valence electrons. The second kappa shape index (κ2) is 12.0. The van der Waals surface area contributed by atoms with Crippen LogP contribution in [0.3, 0.4) is 0 Å². The summed E-state index contributed by atoms with van der Waals surface area (Å²) in [5.74, 6) is 0.0961. The molecule has 6 heteroatoms. The molecular weight excluding hydrogens is 398 g/mol. The number of aromatic nitrogens is 2. The first-order valence-corrected chi connectivity index (χ1v) is 10.1. The summed E-state index contributed by atoms with van der Waals surface area (Å²) in [6.07, 6.45) is 5.73. The van der Waals surface area contributed by atoms with E-state index in [0.717, 1.165) is 17.4 Å². The molecule has 0 aliphatic heterocycles. The number of nitrogens with one attached hydrogen (secondary N) is 1. The molecule has 0 spiro atoms. The van der Waals surface area contributed by atoms with Crippen molar-refractivity contribution in [2.45, 2.75) is 20.4 Å². The summed E-state index contributed by atoms with van der Waals surface area (Å²) in [7, 11) is 0. The van der Waals surface area contributed by atoms with Crippen molar-refractivity contribution >= 4 is 29.8 Å². The Bertz CT molecular complexity index is 1130.